The largest absolute Gasteiger partial charge is 0.435 e. The van der Waals surface area contributed by atoms with Crippen LogP contribution >= 0.6 is 0 Å². The van der Waals surface area contributed by atoms with Crippen LogP contribution in [0.3, 0.4) is 0 Å². The Kier molecular flexibility index (Phi) is 6.14. The number of benzene rings is 2. The van der Waals surface area contributed by atoms with Crippen LogP contribution in [0, 0.1) is 5.92 Å². The molecule has 158 valence electrons. The average molecular weight is 416 g/mol. The van der Waals surface area contributed by atoms with Crippen molar-refractivity contribution in [1.29, 1.82) is 0 Å². The minimum Gasteiger partial charge on any atom is -0.435 e. The summed E-state index contributed by atoms with van der Waals surface area (Å²) in [5.74, 6) is -1.89. The number of rotatable bonds is 7. The van der Waals surface area contributed by atoms with E-state index in [-0.39, 0.29) is 22.8 Å². The summed E-state index contributed by atoms with van der Waals surface area (Å²) in [6.07, 6.45) is 0. The number of nitrogens with one attached hydrogen (secondary N) is 1. The highest BCUT2D eigenvalue weighted by molar-refractivity contribution is 6.22. The van der Waals surface area contributed by atoms with E-state index in [1.165, 1.54) is 12.1 Å². The molecule has 30 heavy (non-hydrogen) atoms. The molecule has 0 saturated carbocycles. The van der Waals surface area contributed by atoms with E-state index in [0.717, 1.165) is 4.90 Å². The molecule has 2 aromatic rings. The fraction of sp³-hybridized carbons (Fsp3) is 0.318. The zero-order valence-electron chi connectivity index (χ0n) is 16.8. The molecule has 0 aliphatic carbocycles. The first-order valence-corrected chi connectivity index (χ1v) is 9.52. The van der Waals surface area contributed by atoms with Gasteiger partial charge in [0.1, 0.15) is 11.8 Å². The van der Waals surface area contributed by atoms with E-state index in [2.05, 4.69) is 10.1 Å². The van der Waals surface area contributed by atoms with E-state index in [9.17, 15) is 23.2 Å². The fourth-order valence-electron chi connectivity index (χ4n) is 3.52. The van der Waals surface area contributed by atoms with Gasteiger partial charge in [0.05, 0.1) is 17.2 Å². The Balaban J connectivity index is 1.80. The van der Waals surface area contributed by atoms with E-state index in [1.807, 2.05) is 0 Å². The zero-order chi connectivity index (χ0) is 22.0. The second-order valence-corrected chi connectivity index (χ2v) is 7.40. The van der Waals surface area contributed by atoms with Crippen LogP contribution in [0.25, 0.3) is 0 Å². The maximum Gasteiger partial charge on any atom is 0.387 e. The number of halogens is 2. The van der Waals surface area contributed by atoms with Gasteiger partial charge in [0.15, 0.2) is 0 Å². The van der Waals surface area contributed by atoms with Gasteiger partial charge in [-0.05, 0) is 42.7 Å². The number of hydrogen-bond acceptors (Lipinski definition) is 4. The Labute approximate surface area is 172 Å². The SMILES string of the molecule is CC(NC(=O)C(C(C)C)N1C(=O)c2ccccc2C1=O)c1cccc(OC(F)F)c1. The van der Waals surface area contributed by atoms with Gasteiger partial charge < -0.3 is 10.1 Å². The Bertz CT molecular complexity index is 942. The predicted octanol–water partition coefficient (Wildman–Crippen LogP) is 3.79. The van der Waals surface area contributed by atoms with E-state index < -0.39 is 36.4 Å². The molecule has 3 amide bonds. The molecule has 0 fully saturated rings. The number of nitrogens with zero attached hydrogens (tertiary/aromatic N) is 1. The molecule has 2 atom stereocenters. The second kappa shape index (κ2) is 8.61. The summed E-state index contributed by atoms with van der Waals surface area (Å²) in [5.41, 5.74) is 1.09. The number of carbonyl (C=O) groups is 3. The number of ether oxygens (including phenoxy) is 1. The molecule has 1 aliphatic heterocycles. The zero-order valence-corrected chi connectivity index (χ0v) is 16.8. The van der Waals surface area contributed by atoms with Gasteiger partial charge in [0.2, 0.25) is 5.91 Å². The van der Waals surface area contributed by atoms with Gasteiger partial charge in [-0.25, -0.2) is 0 Å². The van der Waals surface area contributed by atoms with Crippen molar-refractivity contribution >= 4 is 17.7 Å². The van der Waals surface area contributed by atoms with Crippen molar-refractivity contribution in [3.8, 4) is 5.75 Å². The monoisotopic (exact) mass is 416 g/mol. The average Bonchev–Trinajstić information content (AvgIpc) is 2.93. The molecule has 1 aliphatic rings. The third-order valence-electron chi connectivity index (χ3n) is 4.95. The van der Waals surface area contributed by atoms with Crippen molar-refractivity contribution in [2.75, 3.05) is 0 Å². The van der Waals surface area contributed by atoms with Crippen molar-refractivity contribution in [2.45, 2.75) is 39.5 Å². The number of imide groups is 1. The van der Waals surface area contributed by atoms with Gasteiger partial charge in [0.25, 0.3) is 11.8 Å². The van der Waals surface area contributed by atoms with Crippen LogP contribution in [-0.4, -0.2) is 35.3 Å². The number of alkyl halides is 2. The fourth-order valence-corrected chi connectivity index (χ4v) is 3.52. The summed E-state index contributed by atoms with van der Waals surface area (Å²) >= 11 is 0. The van der Waals surface area contributed by atoms with Crippen LogP contribution in [0.2, 0.25) is 0 Å². The van der Waals surface area contributed by atoms with Crippen molar-refractivity contribution in [2.24, 2.45) is 5.92 Å². The third-order valence-corrected chi connectivity index (χ3v) is 4.95. The summed E-state index contributed by atoms with van der Waals surface area (Å²) in [4.78, 5) is 39.6. The van der Waals surface area contributed by atoms with Crippen LogP contribution in [0.15, 0.2) is 48.5 Å². The number of amides is 3. The highest BCUT2D eigenvalue weighted by Gasteiger charge is 2.44. The maximum absolute atomic E-state index is 13.1. The summed E-state index contributed by atoms with van der Waals surface area (Å²) in [5, 5.41) is 2.77. The Morgan fingerprint density at radius 2 is 1.57 bits per heavy atom. The van der Waals surface area contributed by atoms with E-state index in [0.29, 0.717) is 5.56 Å². The molecule has 6 nitrogen and oxygen atoms in total. The molecule has 0 aromatic heterocycles. The van der Waals surface area contributed by atoms with Gasteiger partial charge in [-0.2, -0.15) is 8.78 Å². The molecule has 3 rings (SSSR count). The first-order chi connectivity index (χ1) is 14.2. The summed E-state index contributed by atoms with van der Waals surface area (Å²) < 4.78 is 29.3. The van der Waals surface area contributed by atoms with Crippen molar-refractivity contribution in [3.63, 3.8) is 0 Å². The lowest BCUT2D eigenvalue weighted by Gasteiger charge is -2.29. The van der Waals surface area contributed by atoms with E-state index in [1.54, 1.807) is 57.2 Å². The van der Waals surface area contributed by atoms with Crippen molar-refractivity contribution in [1.82, 2.24) is 10.2 Å². The van der Waals surface area contributed by atoms with Gasteiger partial charge in [-0.1, -0.05) is 38.1 Å². The standard InChI is InChI=1S/C22H22F2N2O4/c1-12(2)18(26-20(28)16-9-4-5-10-17(16)21(26)29)19(27)25-13(3)14-7-6-8-15(11-14)30-22(23)24/h4-13,18,22H,1-3H3,(H,25,27). The molecule has 0 saturated heterocycles. The Morgan fingerprint density at radius 3 is 2.10 bits per heavy atom. The maximum atomic E-state index is 13.1. The lowest BCUT2D eigenvalue weighted by molar-refractivity contribution is -0.127. The lowest BCUT2D eigenvalue weighted by atomic mass is 10.00. The number of hydrogen-bond donors (Lipinski definition) is 1. The molecule has 2 aromatic carbocycles. The predicted molar refractivity (Wildman–Crippen MR) is 105 cm³/mol. The first kappa shape index (κ1) is 21.4. The van der Waals surface area contributed by atoms with Gasteiger partial charge in [-0.3, -0.25) is 19.3 Å². The molecule has 1 heterocycles. The van der Waals surface area contributed by atoms with E-state index >= 15 is 0 Å². The van der Waals surface area contributed by atoms with Crippen LogP contribution < -0.4 is 10.1 Å². The van der Waals surface area contributed by atoms with Crippen LogP contribution in [0.4, 0.5) is 8.78 Å². The second-order valence-electron chi connectivity index (χ2n) is 7.40. The van der Waals surface area contributed by atoms with Crippen molar-refractivity contribution in [3.05, 3.63) is 65.2 Å². The molecule has 2 unspecified atom stereocenters. The van der Waals surface area contributed by atoms with Crippen LogP contribution in [0.5, 0.6) is 5.75 Å². The summed E-state index contributed by atoms with van der Waals surface area (Å²) in [7, 11) is 0. The highest BCUT2D eigenvalue weighted by atomic mass is 19.3. The minimum absolute atomic E-state index is 0.0237. The lowest BCUT2D eigenvalue weighted by Crippen LogP contribution is -2.52. The quantitative estimate of drug-likeness (QED) is 0.697. The molecule has 1 N–H and O–H groups in total. The number of carbonyl (C=O) groups excluding carboxylic acids is 3. The molecule has 0 spiro atoms. The highest BCUT2D eigenvalue weighted by Crippen LogP contribution is 2.28. The molecular formula is C22H22F2N2O4. The van der Waals surface area contributed by atoms with Crippen LogP contribution in [0.1, 0.15) is 53.1 Å². The molecular weight excluding hydrogens is 394 g/mol. The summed E-state index contributed by atoms with van der Waals surface area (Å²) in [6.45, 7) is 2.22. The summed E-state index contributed by atoms with van der Waals surface area (Å²) in [6, 6.07) is 10.9. The minimum atomic E-state index is -2.95. The van der Waals surface area contributed by atoms with Crippen LogP contribution in [-0.2, 0) is 4.79 Å². The molecule has 0 radical (unpaired) electrons. The van der Waals surface area contributed by atoms with Gasteiger partial charge >= 0.3 is 6.61 Å². The molecule has 0 bridgehead atoms. The van der Waals surface area contributed by atoms with Crippen molar-refractivity contribution < 1.29 is 27.9 Å². The van der Waals surface area contributed by atoms with E-state index in [4.69, 9.17) is 0 Å². The normalized spacial score (nSPS) is 15.4. The number of fused-ring (bicyclic) bond motifs is 1. The topological polar surface area (TPSA) is 75.7 Å². The molecule has 8 heteroatoms. The Hall–Kier alpha value is -3.29. The first-order valence-electron chi connectivity index (χ1n) is 9.52. The Morgan fingerprint density at radius 1 is 0.967 bits per heavy atom. The third kappa shape index (κ3) is 4.17. The van der Waals surface area contributed by atoms with Gasteiger partial charge in [-0.15, -0.1) is 0 Å². The smallest absolute Gasteiger partial charge is 0.387 e. The van der Waals surface area contributed by atoms with Gasteiger partial charge in [0, 0.05) is 0 Å².